The fourth-order valence-corrected chi connectivity index (χ4v) is 1.99. The van der Waals surface area contributed by atoms with E-state index in [-0.39, 0.29) is 5.69 Å². The van der Waals surface area contributed by atoms with Gasteiger partial charge in [-0.25, -0.2) is 9.78 Å². The molecule has 4 aromatic heterocycles. The molecule has 0 spiro atoms. The van der Waals surface area contributed by atoms with Crippen LogP contribution >= 0.6 is 0 Å². The van der Waals surface area contributed by atoms with Crippen molar-refractivity contribution in [3.8, 4) is 11.6 Å². The Balaban J connectivity index is 2.16. The van der Waals surface area contributed by atoms with Gasteiger partial charge < -0.3 is 9.40 Å². The van der Waals surface area contributed by atoms with E-state index in [1.165, 1.54) is 10.8 Å². The van der Waals surface area contributed by atoms with Crippen LogP contribution in [0.25, 0.3) is 28.1 Å². The lowest BCUT2D eigenvalue weighted by molar-refractivity contribution is 0.577. The van der Waals surface area contributed by atoms with Crippen LogP contribution in [-0.4, -0.2) is 24.6 Å². The van der Waals surface area contributed by atoms with E-state index in [1.54, 1.807) is 30.6 Å². The fraction of sp³-hybridized carbons (Fsp3) is 0. The number of nitrogens with one attached hydrogen (secondary N) is 1. The first-order valence-electron chi connectivity index (χ1n) is 5.59. The quantitative estimate of drug-likeness (QED) is 0.551. The smallest absolute Gasteiger partial charge is 0.348 e. The monoisotopic (exact) mass is 253 g/mol. The Morgan fingerprint density at radius 3 is 3.11 bits per heavy atom. The van der Waals surface area contributed by atoms with E-state index in [0.717, 1.165) is 5.39 Å². The molecule has 4 heterocycles. The number of aromatic nitrogens is 5. The van der Waals surface area contributed by atoms with Gasteiger partial charge in [-0.15, -0.1) is 5.10 Å². The van der Waals surface area contributed by atoms with Gasteiger partial charge in [-0.2, -0.15) is 4.52 Å². The summed E-state index contributed by atoms with van der Waals surface area (Å²) in [5, 5.41) is 4.87. The van der Waals surface area contributed by atoms with Crippen molar-refractivity contribution in [2.24, 2.45) is 0 Å². The molecule has 0 fully saturated rings. The van der Waals surface area contributed by atoms with Crippen molar-refractivity contribution in [1.82, 2.24) is 24.6 Å². The molecule has 92 valence electrons. The van der Waals surface area contributed by atoms with Crippen LogP contribution in [0.2, 0.25) is 0 Å². The van der Waals surface area contributed by atoms with Crippen molar-refractivity contribution in [3.63, 3.8) is 0 Å². The minimum atomic E-state index is -0.348. The number of rotatable bonds is 1. The van der Waals surface area contributed by atoms with Crippen LogP contribution in [0.5, 0.6) is 0 Å². The van der Waals surface area contributed by atoms with Crippen LogP contribution < -0.4 is 5.69 Å². The highest BCUT2D eigenvalue weighted by atomic mass is 16.3. The maximum Gasteiger partial charge on any atom is 0.348 e. The third-order valence-electron chi connectivity index (χ3n) is 2.84. The van der Waals surface area contributed by atoms with Crippen molar-refractivity contribution < 1.29 is 4.42 Å². The van der Waals surface area contributed by atoms with Gasteiger partial charge in [0.25, 0.3) is 0 Å². The molecule has 7 nitrogen and oxygen atoms in total. The summed E-state index contributed by atoms with van der Waals surface area (Å²) in [6, 6.07) is 5.20. The van der Waals surface area contributed by atoms with Crippen LogP contribution in [0.1, 0.15) is 0 Å². The second-order valence-electron chi connectivity index (χ2n) is 4.00. The molecule has 0 saturated heterocycles. The molecule has 0 amide bonds. The molecule has 4 aromatic rings. The summed E-state index contributed by atoms with van der Waals surface area (Å²) in [4.78, 5) is 23.0. The van der Waals surface area contributed by atoms with E-state index in [2.05, 4.69) is 20.1 Å². The molecule has 19 heavy (non-hydrogen) atoms. The Kier molecular flexibility index (Phi) is 1.85. The molecule has 4 rings (SSSR count). The zero-order chi connectivity index (χ0) is 12.8. The third-order valence-corrected chi connectivity index (χ3v) is 2.84. The number of nitrogens with zero attached hydrogens (tertiary/aromatic N) is 4. The summed E-state index contributed by atoms with van der Waals surface area (Å²) in [5.74, 6) is 0.881. The number of hydrogen-bond acceptors (Lipinski definition) is 5. The average molecular weight is 253 g/mol. The summed E-state index contributed by atoms with van der Waals surface area (Å²) < 4.78 is 6.45. The van der Waals surface area contributed by atoms with Crippen molar-refractivity contribution in [2.75, 3.05) is 0 Å². The molecule has 0 aliphatic rings. The molecule has 0 bridgehead atoms. The molecule has 1 N–H and O–H groups in total. The average Bonchev–Trinajstić information content (AvgIpc) is 3.08. The molecular weight excluding hydrogens is 246 g/mol. The van der Waals surface area contributed by atoms with E-state index in [0.29, 0.717) is 22.7 Å². The Morgan fingerprint density at radius 1 is 1.32 bits per heavy atom. The van der Waals surface area contributed by atoms with Crippen LogP contribution in [0.4, 0.5) is 0 Å². The third kappa shape index (κ3) is 1.38. The van der Waals surface area contributed by atoms with Gasteiger partial charge in [0.1, 0.15) is 0 Å². The first-order chi connectivity index (χ1) is 9.33. The van der Waals surface area contributed by atoms with E-state index < -0.39 is 0 Å². The molecule has 0 radical (unpaired) electrons. The predicted octanol–water partition coefficient (Wildman–Crippen LogP) is 1.23. The van der Waals surface area contributed by atoms with Gasteiger partial charge in [0.15, 0.2) is 11.4 Å². The molecule has 0 unspecified atom stereocenters. The molecule has 0 saturated carbocycles. The minimum Gasteiger partial charge on any atom is -0.461 e. The van der Waals surface area contributed by atoms with Gasteiger partial charge in [-0.3, -0.25) is 4.98 Å². The van der Waals surface area contributed by atoms with E-state index in [9.17, 15) is 4.79 Å². The Hall–Kier alpha value is -2.96. The summed E-state index contributed by atoms with van der Waals surface area (Å²) >= 11 is 0. The Labute approximate surface area is 105 Å². The lowest BCUT2D eigenvalue weighted by atomic mass is 10.3. The lowest BCUT2D eigenvalue weighted by Crippen LogP contribution is -2.17. The maximum atomic E-state index is 11.9. The largest absolute Gasteiger partial charge is 0.461 e. The number of hydrogen-bond donors (Lipinski definition) is 1. The number of aromatic amines is 1. The molecule has 0 aliphatic carbocycles. The number of pyridine rings is 1. The molecule has 7 heteroatoms. The van der Waals surface area contributed by atoms with Crippen LogP contribution in [0.3, 0.4) is 0 Å². The summed E-state index contributed by atoms with van der Waals surface area (Å²) in [7, 11) is 0. The van der Waals surface area contributed by atoms with Gasteiger partial charge in [-0.1, -0.05) is 0 Å². The van der Waals surface area contributed by atoms with Gasteiger partial charge in [0.05, 0.1) is 17.2 Å². The molecule has 0 aliphatic heterocycles. The second kappa shape index (κ2) is 3.52. The summed E-state index contributed by atoms with van der Waals surface area (Å²) in [6.07, 6.45) is 4.78. The SMILES string of the molecule is O=c1[nH]c2ccncc2c2nc(-c3ccco3)nn12. The second-order valence-corrected chi connectivity index (χ2v) is 4.00. The number of fused-ring (bicyclic) bond motifs is 3. The molecule has 0 aromatic carbocycles. The molecule has 0 atom stereocenters. The topological polar surface area (TPSA) is 89.1 Å². The Morgan fingerprint density at radius 2 is 2.26 bits per heavy atom. The fourth-order valence-electron chi connectivity index (χ4n) is 1.99. The standard InChI is InChI=1S/C12H7N5O2/c18-12-14-8-3-4-13-6-7(8)11-15-10(16-17(11)12)9-2-1-5-19-9/h1-6H,(H,14,18). The van der Waals surface area contributed by atoms with Crippen molar-refractivity contribution in [2.45, 2.75) is 0 Å². The van der Waals surface area contributed by atoms with Crippen LogP contribution in [0.15, 0.2) is 46.1 Å². The van der Waals surface area contributed by atoms with Crippen molar-refractivity contribution in [1.29, 1.82) is 0 Å². The van der Waals surface area contributed by atoms with E-state index in [4.69, 9.17) is 4.42 Å². The Bertz CT molecular complexity index is 936. The normalized spacial score (nSPS) is 11.4. The highest BCUT2D eigenvalue weighted by Crippen LogP contribution is 2.19. The van der Waals surface area contributed by atoms with Crippen molar-refractivity contribution in [3.05, 3.63) is 47.3 Å². The first-order valence-corrected chi connectivity index (χ1v) is 5.59. The maximum absolute atomic E-state index is 11.9. The first kappa shape index (κ1) is 10.0. The zero-order valence-corrected chi connectivity index (χ0v) is 9.57. The van der Waals surface area contributed by atoms with Crippen LogP contribution in [-0.2, 0) is 0 Å². The minimum absolute atomic E-state index is 0.348. The lowest BCUT2D eigenvalue weighted by Gasteiger charge is -1.96. The van der Waals surface area contributed by atoms with E-state index in [1.807, 2.05) is 0 Å². The summed E-state index contributed by atoms with van der Waals surface area (Å²) in [6.45, 7) is 0. The predicted molar refractivity (Wildman–Crippen MR) is 66.6 cm³/mol. The zero-order valence-electron chi connectivity index (χ0n) is 9.57. The van der Waals surface area contributed by atoms with Crippen LogP contribution in [0, 0.1) is 0 Å². The highest BCUT2D eigenvalue weighted by Gasteiger charge is 2.13. The molecular formula is C12H7N5O2. The van der Waals surface area contributed by atoms with Crippen molar-refractivity contribution >= 4 is 16.6 Å². The number of H-pyrrole nitrogens is 1. The van der Waals surface area contributed by atoms with Gasteiger partial charge in [-0.05, 0) is 18.2 Å². The van der Waals surface area contributed by atoms with E-state index >= 15 is 0 Å². The van der Waals surface area contributed by atoms with Gasteiger partial charge in [0.2, 0.25) is 5.82 Å². The number of furan rings is 1. The van der Waals surface area contributed by atoms with Gasteiger partial charge >= 0.3 is 5.69 Å². The highest BCUT2D eigenvalue weighted by molar-refractivity contribution is 5.90. The van der Waals surface area contributed by atoms with Gasteiger partial charge in [0, 0.05) is 12.4 Å². The summed E-state index contributed by atoms with van der Waals surface area (Å²) in [5.41, 5.74) is 0.781.